The number of hydrogen-bond acceptors (Lipinski definition) is 8. The average molecular weight is 454 g/mol. The molecule has 1 aliphatic rings. The highest BCUT2D eigenvalue weighted by Crippen LogP contribution is 2.30. The minimum absolute atomic E-state index is 0.0327. The van der Waals surface area contributed by atoms with Gasteiger partial charge in [0, 0.05) is 51.4 Å². The van der Waals surface area contributed by atoms with Crippen LogP contribution in [0.5, 0.6) is 5.88 Å². The molecule has 0 aliphatic carbocycles. The van der Waals surface area contributed by atoms with Crippen LogP contribution in [0.25, 0.3) is 11.0 Å². The summed E-state index contributed by atoms with van der Waals surface area (Å²) in [6.45, 7) is 6.43. The van der Waals surface area contributed by atoms with Gasteiger partial charge in [0.05, 0.1) is 17.4 Å². The van der Waals surface area contributed by atoms with E-state index in [1.54, 1.807) is 17.9 Å². The Labute approximate surface area is 191 Å². The number of aryl methyl sites for hydroxylation is 3. The third-order valence-corrected chi connectivity index (χ3v) is 6.20. The number of anilines is 1. The fraction of sp³-hybridized carbons (Fsp3) is 0.455. The highest BCUT2D eigenvalue weighted by atomic mass is 16.6. The molecule has 1 fully saturated rings. The van der Waals surface area contributed by atoms with Gasteiger partial charge in [-0.05, 0) is 37.5 Å². The van der Waals surface area contributed by atoms with Crippen molar-refractivity contribution in [1.82, 2.24) is 24.6 Å². The first-order valence-corrected chi connectivity index (χ1v) is 10.8. The van der Waals surface area contributed by atoms with E-state index in [1.807, 2.05) is 30.7 Å². The van der Waals surface area contributed by atoms with E-state index >= 15 is 0 Å². The van der Waals surface area contributed by atoms with Crippen LogP contribution in [-0.4, -0.2) is 68.8 Å². The molecule has 0 bridgehead atoms. The Bertz CT molecular complexity index is 1200. The molecule has 0 unspecified atom stereocenters. The first-order valence-electron chi connectivity index (χ1n) is 10.8. The number of piperazine rings is 1. The van der Waals surface area contributed by atoms with Crippen molar-refractivity contribution in [3.8, 4) is 5.88 Å². The van der Waals surface area contributed by atoms with E-state index in [0.29, 0.717) is 50.7 Å². The Morgan fingerprint density at radius 1 is 1.21 bits per heavy atom. The molecule has 11 nitrogen and oxygen atoms in total. The monoisotopic (exact) mass is 453 g/mol. The molecule has 174 valence electrons. The van der Waals surface area contributed by atoms with Crippen LogP contribution in [0.2, 0.25) is 0 Å². The molecule has 0 aromatic carbocycles. The predicted octanol–water partition coefficient (Wildman–Crippen LogP) is 2.18. The topological polar surface area (TPSA) is 120 Å². The van der Waals surface area contributed by atoms with Crippen LogP contribution < -0.4 is 9.64 Å². The maximum absolute atomic E-state index is 12.9. The van der Waals surface area contributed by atoms with Gasteiger partial charge in [-0.15, -0.1) is 5.10 Å². The molecule has 0 atom stereocenters. The summed E-state index contributed by atoms with van der Waals surface area (Å²) in [6.07, 6.45) is 2.26. The Morgan fingerprint density at radius 2 is 1.94 bits per heavy atom. The first-order chi connectivity index (χ1) is 15.8. The van der Waals surface area contributed by atoms with Crippen molar-refractivity contribution in [2.24, 2.45) is 7.05 Å². The van der Waals surface area contributed by atoms with Crippen LogP contribution >= 0.6 is 0 Å². The number of ether oxygens (including phenoxy) is 1. The zero-order valence-corrected chi connectivity index (χ0v) is 19.2. The smallest absolute Gasteiger partial charge is 0.287 e. The number of aromatic nitrogens is 4. The second-order valence-corrected chi connectivity index (χ2v) is 8.13. The summed E-state index contributed by atoms with van der Waals surface area (Å²) in [6, 6.07) is 3.10. The molecule has 4 rings (SSSR count). The summed E-state index contributed by atoms with van der Waals surface area (Å²) in [5.41, 5.74) is 3.73. The molecule has 0 spiro atoms. The van der Waals surface area contributed by atoms with Crippen molar-refractivity contribution in [1.29, 1.82) is 0 Å². The molecular weight excluding hydrogens is 426 g/mol. The van der Waals surface area contributed by atoms with Crippen LogP contribution in [0.4, 0.5) is 11.5 Å². The van der Waals surface area contributed by atoms with Crippen molar-refractivity contribution in [2.45, 2.75) is 26.7 Å². The number of pyridine rings is 2. The van der Waals surface area contributed by atoms with E-state index in [4.69, 9.17) is 9.72 Å². The van der Waals surface area contributed by atoms with Crippen LogP contribution in [0.3, 0.4) is 0 Å². The van der Waals surface area contributed by atoms with Gasteiger partial charge in [0.15, 0.2) is 5.65 Å². The fourth-order valence-electron chi connectivity index (χ4n) is 4.36. The third kappa shape index (κ3) is 4.30. The molecule has 4 heterocycles. The molecule has 0 N–H and O–H groups in total. The van der Waals surface area contributed by atoms with Crippen molar-refractivity contribution in [2.75, 3.05) is 38.2 Å². The quantitative estimate of drug-likeness (QED) is 0.411. The molecule has 1 amide bonds. The molecular formula is C22H27N7O4. The maximum atomic E-state index is 12.9. The number of carbonyl (C=O) groups is 1. The van der Waals surface area contributed by atoms with E-state index in [9.17, 15) is 14.9 Å². The Balaban J connectivity index is 1.39. The largest absolute Gasteiger partial charge is 0.479 e. The fourth-order valence-corrected chi connectivity index (χ4v) is 4.36. The minimum Gasteiger partial charge on any atom is -0.479 e. The number of hydrogen-bond donors (Lipinski definition) is 0. The van der Waals surface area contributed by atoms with Gasteiger partial charge < -0.3 is 14.5 Å². The minimum atomic E-state index is -0.464. The SMILES string of the molecule is COc1nn(C)c2nc(C)c(CCC(=O)N3CCN(c4ccc([N+](=O)[O-])cn4)CC3)c(C)c12. The van der Waals surface area contributed by atoms with Crippen molar-refractivity contribution in [3.63, 3.8) is 0 Å². The third-order valence-electron chi connectivity index (χ3n) is 6.20. The lowest BCUT2D eigenvalue weighted by molar-refractivity contribution is -0.385. The lowest BCUT2D eigenvalue weighted by atomic mass is 10.00. The summed E-state index contributed by atoms with van der Waals surface area (Å²) >= 11 is 0. The standard InChI is InChI=1S/C22H27N7O4/c1-14-17(15(2)24-21-20(14)22(33-4)25-26(21)3)6-8-19(30)28-11-9-27(10-12-28)18-7-5-16(13-23-18)29(31)32/h5,7,13H,6,8-12H2,1-4H3. The van der Waals surface area contributed by atoms with E-state index in [-0.39, 0.29) is 11.6 Å². The average Bonchev–Trinajstić information content (AvgIpc) is 3.14. The number of methoxy groups -OCH3 is 1. The predicted molar refractivity (Wildman–Crippen MR) is 123 cm³/mol. The second kappa shape index (κ2) is 9.00. The lowest BCUT2D eigenvalue weighted by Crippen LogP contribution is -2.49. The highest BCUT2D eigenvalue weighted by molar-refractivity contribution is 5.86. The number of carbonyl (C=O) groups excluding carboxylic acids is 1. The summed E-state index contributed by atoms with van der Waals surface area (Å²) in [4.78, 5) is 36.0. The molecule has 11 heteroatoms. The number of fused-ring (bicyclic) bond motifs is 1. The zero-order valence-electron chi connectivity index (χ0n) is 19.2. The zero-order chi connectivity index (χ0) is 23.7. The molecule has 1 saturated heterocycles. The van der Waals surface area contributed by atoms with Crippen molar-refractivity contribution in [3.05, 3.63) is 45.3 Å². The van der Waals surface area contributed by atoms with Crippen LogP contribution in [0.1, 0.15) is 23.2 Å². The van der Waals surface area contributed by atoms with Gasteiger partial charge in [0.25, 0.3) is 5.69 Å². The Kier molecular flexibility index (Phi) is 6.12. The normalized spacial score (nSPS) is 14.1. The molecule has 33 heavy (non-hydrogen) atoms. The summed E-state index contributed by atoms with van der Waals surface area (Å²) < 4.78 is 7.13. The van der Waals surface area contributed by atoms with E-state index in [1.165, 1.54) is 12.3 Å². The van der Waals surface area contributed by atoms with Gasteiger partial charge >= 0.3 is 0 Å². The summed E-state index contributed by atoms with van der Waals surface area (Å²) in [5, 5.41) is 16.1. The van der Waals surface area contributed by atoms with Crippen molar-refractivity contribution >= 4 is 28.4 Å². The number of nitro groups is 1. The number of rotatable bonds is 6. The number of nitrogens with zero attached hydrogens (tertiary/aromatic N) is 7. The van der Waals surface area contributed by atoms with E-state index < -0.39 is 4.92 Å². The lowest BCUT2D eigenvalue weighted by Gasteiger charge is -2.35. The van der Waals surface area contributed by atoms with Gasteiger partial charge in [-0.2, -0.15) is 0 Å². The maximum Gasteiger partial charge on any atom is 0.287 e. The van der Waals surface area contributed by atoms with Gasteiger partial charge in [-0.25, -0.2) is 14.6 Å². The Morgan fingerprint density at radius 3 is 2.55 bits per heavy atom. The number of amides is 1. The van der Waals surface area contributed by atoms with Crippen LogP contribution in [0, 0.1) is 24.0 Å². The van der Waals surface area contributed by atoms with Gasteiger partial charge in [0.2, 0.25) is 11.8 Å². The van der Waals surface area contributed by atoms with Crippen LogP contribution in [-0.2, 0) is 18.3 Å². The van der Waals surface area contributed by atoms with Gasteiger partial charge in [-0.1, -0.05) is 0 Å². The summed E-state index contributed by atoms with van der Waals surface area (Å²) in [5.74, 6) is 1.33. The Hall–Kier alpha value is -3.76. The highest BCUT2D eigenvalue weighted by Gasteiger charge is 2.24. The molecule has 3 aromatic rings. The van der Waals surface area contributed by atoms with E-state index in [0.717, 1.165) is 27.9 Å². The second-order valence-electron chi connectivity index (χ2n) is 8.13. The molecule has 0 radical (unpaired) electrons. The van der Waals surface area contributed by atoms with E-state index in [2.05, 4.69) is 10.1 Å². The first kappa shape index (κ1) is 22.4. The van der Waals surface area contributed by atoms with Gasteiger partial charge in [-0.3, -0.25) is 14.9 Å². The van der Waals surface area contributed by atoms with Crippen LogP contribution in [0.15, 0.2) is 18.3 Å². The molecule has 3 aromatic heterocycles. The van der Waals surface area contributed by atoms with Gasteiger partial charge in [0.1, 0.15) is 12.0 Å². The van der Waals surface area contributed by atoms with Crippen molar-refractivity contribution < 1.29 is 14.5 Å². The molecule has 0 saturated carbocycles. The molecule has 1 aliphatic heterocycles. The summed E-state index contributed by atoms with van der Waals surface area (Å²) in [7, 11) is 3.43.